The molecule has 2 amide bonds. The van der Waals surface area contributed by atoms with Crippen LogP contribution >= 0.6 is 0 Å². The Morgan fingerprint density at radius 2 is 1.66 bits per heavy atom. The molecule has 0 radical (unpaired) electrons. The highest BCUT2D eigenvalue weighted by Crippen LogP contribution is 2.53. The summed E-state index contributed by atoms with van der Waals surface area (Å²) in [6.45, 7) is 12.6. The lowest BCUT2D eigenvalue weighted by atomic mass is 9.72. The Labute approximate surface area is 298 Å². The highest BCUT2D eigenvalue weighted by Gasteiger charge is 2.47. The van der Waals surface area contributed by atoms with Gasteiger partial charge in [0.05, 0.1) is 18.2 Å². The second-order valence-electron chi connectivity index (χ2n) is 15.0. The zero-order valence-corrected chi connectivity index (χ0v) is 31.7. The van der Waals surface area contributed by atoms with E-state index in [4.69, 9.17) is 4.74 Å². The largest absolute Gasteiger partial charge is 0.497 e. The van der Waals surface area contributed by atoms with Crippen LogP contribution in [-0.4, -0.2) is 92.3 Å². The molecule has 1 aromatic heterocycles. The Hall–Kier alpha value is -3.41. The summed E-state index contributed by atoms with van der Waals surface area (Å²) in [6.07, 6.45) is 7.61. The van der Waals surface area contributed by atoms with Gasteiger partial charge in [0.25, 0.3) is 5.91 Å². The number of likely N-dealkylation sites (tertiary alicyclic amines) is 1. The molecule has 0 spiro atoms. The van der Waals surface area contributed by atoms with Crippen molar-refractivity contribution in [2.45, 2.75) is 97.1 Å². The number of nitrogens with zero attached hydrogens (tertiary/aromatic N) is 4. The molecule has 1 saturated heterocycles. The molecule has 2 unspecified atom stereocenters. The molecule has 2 atom stereocenters. The van der Waals surface area contributed by atoms with Gasteiger partial charge in [-0.25, -0.2) is 4.72 Å². The number of benzene rings is 2. The van der Waals surface area contributed by atoms with Gasteiger partial charge in [-0.15, -0.1) is 0 Å². The highest BCUT2D eigenvalue weighted by molar-refractivity contribution is 7.87. The van der Waals surface area contributed by atoms with Crippen molar-refractivity contribution in [2.75, 3.05) is 47.4 Å². The summed E-state index contributed by atoms with van der Waals surface area (Å²) in [7, 11) is 0.478. The van der Waals surface area contributed by atoms with Crippen LogP contribution in [0, 0.1) is 5.41 Å². The minimum absolute atomic E-state index is 0.133. The summed E-state index contributed by atoms with van der Waals surface area (Å²) in [6, 6.07) is 12.3. The lowest BCUT2D eigenvalue weighted by Crippen LogP contribution is -2.52. The number of fused-ring (bicyclic) bond motifs is 5. The molecule has 3 aromatic rings. The van der Waals surface area contributed by atoms with Crippen LogP contribution in [0.5, 0.6) is 5.75 Å². The molecule has 3 heterocycles. The topological polar surface area (TPSA) is 104 Å². The average Bonchev–Trinajstić information content (AvgIpc) is 3.39. The quantitative estimate of drug-likeness (QED) is 0.278. The molecular weight excluding hydrogens is 651 g/mol. The third-order valence-electron chi connectivity index (χ3n) is 12.1. The number of piperidine rings is 1. The number of rotatable bonds is 9. The van der Waals surface area contributed by atoms with Crippen LogP contribution in [0.15, 0.2) is 36.4 Å². The van der Waals surface area contributed by atoms with E-state index in [9.17, 15) is 13.2 Å². The SMILES string of the molecule is CCN(CC)C1CCN(C(=O)C2(C)Cn3c(c(C4CCCCC4)c4ccc(C(=O)NS(=O)(=O)N(C)C)cc43)-c3ccc(OC)cc3C2C)CC1. The lowest BCUT2D eigenvalue weighted by Gasteiger charge is -2.43. The summed E-state index contributed by atoms with van der Waals surface area (Å²) in [5.74, 6) is 0.427. The maximum absolute atomic E-state index is 15.0. The third-order valence-corrected chi connectivity index (χ3v) is 13.5. The van der Waals surface area contributed by atoms with E-state index in [0.717, 1.165) is 102 Å². The summed E-state index contributed by atoms with van der Waals surface area (Å²) in [5.41, 5.74) is 4.86. The summed E-state index contributed by atoms with van der Waals surface area (Å²) in [5, 5.41) is 1.06. The highest BCUT2D eigenvalue weighted by atomic mass is 32.2. The number of nitrogens with one attached hydrogen (secondary N) is 1. The van der Waals surface area contributed by atoms with E-state index in [1.807, 2.05) is 18.2 Å². The van der Waals surface area contributed by atoms with Gasteiger partial charge in [-0.05, 0) is 99.0 Å². The minimum Gasteiger partial charge on any atom is -0.497 e. The van der Waals surface area contributed by atoms with Crippen LogP contribution < -0.4 is 9.46 Å². The van der Waals surface area contributed by atoms with E-state index in [0.29, 0.717) is 18.5 Å². The zero-order valence-electron chi connectivity index (χ0n) is 30.9. The van der Waals surface area contributed by atoms with Crippen LogP contribution in [0.25, 0.3) is 22.2 Å². The van der Waals surface area contributed by atoms with E-state index < -0.39 is 21.5 Å². The smallest absolute Gasteiger partial charge is 0.303 e. The van der Waals surface area contributed by atoms with Gasteiger partial charge >= 0.3 is 10.2 Å². The molecule has 11 heteroatoms. The predicted octanol–water partition coefficient (Wildman–Crippen LogP) is 6.36. The van der Waals surface area contributed by atoms with E-state index in [1.165, 1.54) is 26.1 Å². The molecule has 6 rings (SSSR count). The fraction of sp³-hybridized carbons (Fsp3) is 0.590. The van der Waals surface area contributed by atoms with Crippen molar-refractivity contribution in [1.29, 1.82) is 0 Å². The van der Waals surface area contributed by atoms with Gasteiger partial charge in [0, 0.05) is 61.8 Å². The van der Waals surface area contributed by atoms with Crippen LogP contribution in [0.3, 0.4) is 0 Å². The number of amides is 2. The Kier molecular flexibility index (Phi) is 10.4. The lowest BCUT2D eigenvalue weighted by molar-refractivity contribution is -0.145. The van der Waals surface area contributed by atoms with Crippen molar-refractivity contribution < 1.29 is 22.7 Å². The van der Waals surface area contributed by atoms with Gasteiger partial charge in [0.2, 0.25) is 5.91 Å². The Balaban J connectivity index is 1.52. The molecule has 3 aliphatic rings. The number of ether oxygens (including phenoxy) is 1. The second kappa shape index (κ2) is 14.3. The van der Waals surface area contributed by atoms with E-state index in [2.05, 4.69) is 58.9 Å². The van der Waals surface area contributed by atoms with Gasteiger partial charge in [-0.3, -0.25) is 9.59 Å². The van der Waals surface area contributed by atoms with Gasteiger partial charge < -0.3 is 19.1 Å². The maximum atomic E-state index is 15.0. The molecule has 2 fully saturated rings. The zero-order chi connectivity index (χ0) is 36.0. The van der Waals surface area contributed by atoms with Crippen LogP contribution in [-0.2, 0) is 21.5 Å². The van der Waals surface area contributed by atoms with E-state index in [1.54, 1.807) is 13.2 Å². The molecule has 1 N–H and O–H groups in total. The molecule has 1 saturated carbocycles. The second-order valence-corrected chi connectivity index (χ2v) is 16.9. The first-order valence-electron chi connectivity index (χ1n) is 18.5. The maximum Gasteiger partial charge on any atom is 0.303 e. The molecule has 2 aromatic carbocycles. The van der Waals surface area contributed by atoms with Crippen molar-refractivity contribution in [3.8, 4) is 17.0 Å². The Bertz CT molecular complexity index is 1850. The number of aromatic nitrogens is 1. The summed E-state index contributed by atoms with van der Waals surface area (Å²) in [4.78, 5) is 33.0. The molecule has 50 heavy (non-hydrogen) atoms. The Morgan fingerprint density at radius 3 is 2.28 bits per heavy atom. The number of carbonyl (C=O) groups excluding carboxylic acids is 2. The number of hydrogen-bond donors (Lipinski definition) is 1. The molecule has 0 bridgehead atoms. The standard InChI is InChI=1S/C39H55N5O5S/c1-8-42(9-2)29-19-21-43(22-20-29)38(46)39(4)25-44-34-23-28(37(45)40-50(47,48)41(5)6)15-17-32(34)35(27-13-11-10-12-14-27)36(44)31-18-16-30(49-7)24-33(31)26(39)3/h15-18,23-24,26-27,29H,8-14,19-22,25H2,1-7H3,(H,40,45). The first kappa shape index (κ1) is 36.4. The van der Waals surface area contributed by atoms with Gasteiger partial charge in [0.1, 0.15) is 5.75 Å². The van der Waals surface area contributed by atoms with Crippen LogP contribution in [0.1, 0.15) is 106 Å². The van der Waals surface area contributed by atoms with Crippen molar-refractivity contribution >= 4 is 32.9 Å². The summed E-state index contributed by atoms with van der Waals surface area (Å²) >= 11 is 0. The van der Waals surface area contributed by atoms with E-state index in [-0.39, 0.29) is 17.4 Å². The van der Waals surface area contributed by atoms with Crippen molar-refractivity contribution in [1.82, 2.24) is 23.4 Å². The number of carbonyl (C=O) groups is 2. The summed E-state index contributed by atoms with van der Waals surface area (Å²) < 4.78 is 36.5. The molecule has 1 aliphatic carbocycles. The molecule has 272 valence electrons. The fourth-order valence-corrected chi connectivity index (χ4v) is 9.42. The Morgan fingerprint density at radius 1 is 0.980 bits per heavy atom. The first-order valence-corrected chi connectivity index (χ1v) is 19.9. The molecule has 2 aliphatic heterocycles. The predicted molar refractivity (Wildman–Crippen MR) is 199 cm³/mol. The fourth-order valence-electron chi connectivity index (χ4n) is 8.88. The van der Waals surface area contributed by atoms with Crippen molar-refractivity contribution in [2.24, 2.45) is 5.41 Å². The normalized spacial score (nSPS) is 22.0. The minimum atomic E-state index is -3.98. The number of methoxy groups -OCH3 is 1. The van der Waals surface area contributed by atoms with Crippen LogP contribution in [0.4, 0.5) is 0 Å². The van der Waals surface area contributed by atoms with Gasteiger partial charge in [0.15, 0.2) is 0 Å². The number of hydrogen-bond acceptors (Lipinski definition) is 6. The third kappa shape index (κ3) is 6.45. The van der Waals surface area contributed by atoms with Gasteiger partial charge in [-0.1, -0.05) is 46.1 Å². The molecular formula is C39H55N5O5S. The van der Waals surface area contributed by atoms with Crippen molar-refractivity contribution in [3.05, 3.63) is 53.1 Å². The van der Waals surface area contributed by atoms with Gasteiger partial charge in [-0.2, -0.15) is 12.7 Å². The van der Waals surface area contributed by atoms with E-state index >= 15 is 4.79 Å². The molecule has 10 nitrogen and oxygen atoms in total. The first-order chi connectivity index (χ1) is 23.8. The van der Waals surface area contributed by atoms with Crippen molar-refractivity contribution in [3.63, 3.8) is 0 Å². The van der Waals surface area contributed by atoms with Crippen LogP contribution in [0.2, 0.25) is 0 Å². The monoisotopic (exact) mass is 705 g/mol. The average molecular weight is 706 g/mol.